The van der Waals surface area contributed by atoms with Crippen LogP contribution >= 0.6 is 46.1 Å². The number of allylic oxidation sites excluding steroid dienone is 1. The summed E-state index contributed by atoms with van der Waals surface area (Å²) in [6.07, 6.45) is 1.79. The second-order valence-electron chi connectivity index (χ2n) is 10.4. The Morgan fingerprint density at radius 3 is 2.33 bits per heavy atom. The highest BCUT2D eigenvalue weighted by Crippen LogP contribution is 2.37. The van der Waals surface area contributed by atoms with E-state index in [1.165, 1.54) is 11.3 Å². The molecule has 11 heteroatoms. The number of carbonyl (C=O) groups excluding carboxylic acids is 1. The van der Waals surface area contributed by atoms with Gasteiger partial charge in [0.05, 0.1) is 39.0 Å². The van der Waals surface area contributed by atoms with Crippen LogP contribution in [0.2, 0.25) is 15.1 Å². The predicted octanol–water partition coefficient (Wildman–Crippen LogP) is 7.42. The van der Waals surface area contributed by atoms with Gasteiger partial charge in [-0.2, -0.15) is 0 Å². The van der Waals surface area contributed by atoms with Crippen molar-refractivity contribution in [3.63, 3.8) is 0 Å². The van der Waals surface area contributed by atoms with Gasteiger partial charge in [-0.05, 0) is 60.5 Å². The molecule has 1 N–H and O–H groups in total. The molecule has 1 aromatic heterocycles. The Morgan fingerprint density at radius 2 is 1.65 bits per heavy atom. The van der Waals surface area contributed by atoms with Crippen LogP contribution in [0.4, 0.5) is 5.69 Å². The number of aromatic nitrogens is 1. The molecular formula is C35H26Cl3N3O4S. The Hall–Kier alpha value is -4.34. The zero-order valence-electron chi connectivity index (χ0n) is 24.6. The second kappa shape index (κ2) is 13.6. The Kier molecular flexibility index (Phi) is 9.33. The number of anilines is 1. The van der Waals surface area contributed by atoms with E-state index < -0.39 is 6.04 Å². The number of benzene rings is 4. The lowest BCUT2D eigenvalue weighted by molar-refractivity contribution is -0.113. The van der Waals surface area contributed by atoms with E-state index in [-0.39, 0.29) is 28.1 Å². The lowest BCUT2D eigenvalue weighted by atomic mass is 9.95. The quantitative estimate of drug-likeness (QED) is 0.184. The highest BCUT2D eigenvalue weighted by Gasteiger charge is 2.32. The van der Waals surface area contributed by atoms with E-state index in [0.29, 0.717) is 48.4 Å². The van der Waals surface area contributed by atoms with Crippen molar-refractivity contribution in [2.45, 2.75) is 19.6 Å². The zero-order valence-corrected chi connectivity index (χ0v) is 27.7. The molecule has 1 aliphatic rings. The van der Waals surface area contributed by atoms with Gasteiger partial charge in [0.25, 0.3) is 11.5 Å². The number of fused-ring (bicyclic) bond motifs is 1. The van der Waals surface area contributed by atoms with Crippen LogP contribution in [0.3, 0.4) is 0 Å². The summed E-state index contributed by atoms with van der Waals surface area (Å²) in [6, 6.07) is 26.6. The number of carbonyl (C=O) groups is 1. The minimum Gasteiger partial charge on any atom is -0.496 e. The Bertz CT molecular complexity index is 2140. The van der Waals surface area contributed by atoms with Crippen LogP contribution in [-0.2, 0) is 11.4 Å². The van der Waals surface area contributed by atoms with E-state index in [9.17, 15) is 9.59 Å². The Labute approximate surface area is 283 Å². The molecule has 232 valence electrons. The second-order valence-corrected chi connectivity index (χ2v) is 12.6. The van der Waals surface area contributed by atoms with Crippen molar-refractivity contribution < 1.29 is 14.3 Å². The van der Waals surface area contributed by atoms with Crippen molar-refractivity contribution in [3.8, 4) is 11.5 Å². The number of para-hydroxylation sites is 1. The van der Waals surface area contributed by atoms with Gasteiger partial charge in [0.1, 0.15) is 12.4 Å². The van der Waals surface area contributed by atoms with E-state index in [2.05, 4.69) is 5.32 Å². The number of amides is 1. The SMILES string of the molecule is COc1ccc(/C=c2/sc3n(c2=O)C(c2ccccc2)C(C(=O)Nc2ccccc2)=C(C)N=3)cc1COc1c(Cl)cc(Cl)cc1Cl. The first-order valence-electron chi connectivity index (χ1n) is 14.1. The molecule has 0 bridgehead atoms. The fraction of sp³-hybridized carbons (Fsp3) is 0.114. The summed E-state index contributed by atoms with van der Waals surface area (Å²) in [5.74, 6) is 0.571. The maximum Gasteiger partial charge on any atom is 0.271 e. The number of nitrogens with one attached hydrogen (secondary N) is 1. The summed E-state index contributed by atoms with van der Waals surface area (Å²) < 4.78 is 13.6. The van der Waals surface area contributed by atoms with Gasteiger partial charge in [-0.15, -0.1) is 0 Å². The molecule has 1 atom stereocenters. The van der Waals surface area contributed by atoms with E-state index in [4.69, 9.17) is 49.3 Å². The molecule has 0 saturated carbocycles. The number of hydrogen-bond acceptors (Lipinski definition) is 6. The molecule has 0 radical (unpaired) electrons. The number of nitrogens with zero attached hydrogens (tertiary/aromatic N) is 2. The molecule has 1 amide bonds. The van der Waals surface area contributed by atoms with Gasteiger partial charge in [-0.1, -0.05) is 101 Å². The third-order valence-electron chi connectivity index (χ3n) is 7.35. The smallest absolute Gasteiger partial charge is 0.271 e. The van der Waals surface area contributed by atoms with Crippen LogP contribution in [0.1, 0.15) is 29.7 Å². The molecular weight excluding hydrogens is 665 g/mol. The number of rotatable bonds is 8. The molecule has 46 heavy (non-hydrogen) atoms. The lowest BCUT2D eigenvalue weighted by Crippen LogP contribution is -2.40. The summed E-state index contributed by atoms with van der Waals surface area (Å²) in [5.41, 5.74) is 3.58. The zero-order chi connectivity index (χ0) is 32.4. The van der Waals surface area contributed by atoms with Crippen molar-refractivity contribution in [2.75, 3.05) is 12.4 Å². The Balaban J connectivity index is 1.39. The average molecular weight is 691 g/mol. The number of ether oxygens (including phenoxy) is 2. The van der Waals surface area contributed by atoms with Gasteiger partial charge in [0.2, 0.25) is 0 Å². The first kappa shape index (κ1) is 31.6. The van der Waals surface area contributed by atoms with Crippen molar-refractivity contribution in [1.82, 2.24) is 4.57 Å². The summed E-state index contributed by atoms with van der Waals surface area (Å²) in [5, 5.41) is 3.94. The van der Waals surface area contributed by atoms with E-state index in [1.54, 1.807) is 42.9 Å². The maximum atomic E-state index is 14.1. The minimum absolute atomic E-state index is 0.0975. The minimum atomic E-state index is -0.669. The highest BCUT2D eigenvalue weighted by molar-refractivity contribution is 7.07. The van der Waals surface area contributed by atoms with Crippen molar-refractivity contribution >= 4 is 63.8 Å². The van der Waals surface area contributed by atoms with E-state index in [1.807, 2.05) is 72.8 Å². The standard InChI is InChI=1S/C35H26Cl3N3O4S/c1-20-30(33(42)40-25-11-7-4-8-12-25)31(22-9-5-3-6-10-22)41-34(43)29(46-35(41)39-20)16-21-13-14-28(44-2)23(15-21)19-45-32-26(37)17-24(36)18-27(32)38/h3-18,31H,19H2,1-2H3,(H,40,42)/b29-16+. The van der Waals surface area contributed by atoms with Gasteiger partial charge < -0.3 is 14.8 Å². The number of hydrogen-bond donors (Lipinski definition) is 1. The van der Waals surface area contributed by atoms with Gasteiger partial charge >= 0.3 is 0 Å². The normalized spacial score (nSPS) is 14.5. The molecule has 1 aliphatic heterocycles. The molecule has 6 rings (SSSR count). The van der Waals surface area contributed by atoms with Crippen molar-refractivity contribution in [3.05, 3.63) is 154 Å². The summed E-state index contributed by atoms with van der Waals surface area (Å²) >= 11 is 19.9. The monoisotopic (exact) mass is 689 g/mol. The fourth-order valence-electron chi connectivity index (χ4n) is 5.25. The highest BCUT2D eigenvalue weighted by atomic mass is 35.5. The van der Waals surface area contributed by atoms with E-state index >= 15 is 0 Å². The number of thiazole rings is 1. The van der Waals surface area contributed by atoms with Crippen molar-refractivity contribution in [2.24, 2.45) is 4.99 Å². The van der Waals surface area contributed by atoms with Gasteiger partial charge in [-0.3, -0.25) is 14.2 Å². The van der Waals surface area contributed by atoms with Gasteiger partial charge in [0, 0.05) is 16.3 Å². The van der Waals surface area contributed by atoms with Crippen LogP contribution < -0.4 is 29.7 Å². The van der Waals surface area contributed by atoms with Crippen LogP contribution in [0.15, 0.2) is 112 Å². The fourth-order valence-corrected chi connectivity index (χ4v) is 7.22. The first-order valence-corrected chi connectivity index (χ1v) is 16.1. The van der Waals surface area contributed by atoms with Gasteiger partial charge in [-0.25, -0.2) is 4.99 Å². The van der Waals surface area contributed by atoms with Crippen LogP contribution in [0.25, 0.3) is 6.08 Å². The van der Waals surface area contributed by atoms with Crippen molar-refractivity contribution in [1.29, 1.82) is 0 Å². The molecule has 5 aromatic rings. The topological polar surface area (TPSA) is 81.9 Å². The Morgan fingerprint density at radius 1 is 0.978 bits per heavy atom. The largest absolute Gasteiger partial charge is 0.496 e. The number of halogens is 3. The predicted molar refractivity (Wildman–Crippen MR) is 184 cm³/mol. The molecule has 4 aromatic carbocycles. The summed E-state index contributed by atoms with van der Waals surface area (Å²) in [7, 11) is 1.57. The molecule has 7 nitrogen and oxygen atoms in total. The lowest BCUT2D eigenvalue weighted by Gasteiger charge is -2.25. The van der Waals surface area contributed by atoms with Crippen LogP contribution in [0, 0.1) is 0 Å². The average Bonchev–Trinajstić information content (AvgIpc) is 3.34. The van der Waals surface area contributed by atoms with Crippen LogP contribution in [-0.4, -0.2) is 17.6 Å². The molecule has 0 spiro atoms. The molecule has 0 saturated heterocycles. The molecule has 2 heterocycles. The molecule has 0 fully saturated rings. The first-order chi connectivity index (χ1) is 22.2. The third kappa shape index (κ3) is 6.48. The maximum absolute atomic E-state index is 14.1. The molecule has 0 aliphatic carbocycles. The number of methoxy groups -OCH3 is 1. The van der Waals surface area contributed by atoms with Gasteiger partial charge in [0.15, 0.2) is 10.6 Å². The third-order valence-corrected chi connectivity index (χ3v) is 9.11. The summed E-state index contributed by atoms with van der Waals surface area (Å²) in [6.45, 7) is 1.89. The van der Waals surface area contributed by atoms with Crippen LogP contribution in [0.5, 0.6) is 11.5 Å². The molecule has 1 unspecified atom stereocenters. The van der Waals surface area contributed by atoms with E-state index in [0.717, 1.165) is 11.1 Å². The summed E-state index contributed by atoms with van der Waals surface area (Å²) in [4.78, 5) is 33.0.